The smallest absolute Gasteiger partial charge is 0.256 e. The predicted molar refractivity (Wildman–Crippen MR) is 128 cm³/mol. The van der Waals surface area contributed by atoms with Crippen LogP contribution in [0.1, 0.15) is 26.2 Å². The third-order valence-electron chi connectivity index (χ3n) is 5.42. The Hall–Kier alpha value is -2.84. The van der Waals surface area contributed by atoms with Gasteiger partial charge >= 0.3 is 0 Å². The first-order chi connectivity index (χ1) is 15.4. The number of halogens is 1. The van der Waals surface area contributed by atoms with Gasteiger partial charge in [0.1, 0.15) is 17.5 Å². The van der Waals surface area contributed by atoms with Gasteiger partial charge in [0.05, 0.1) is 30.8 Å². The lowest BCUT2D eigenvalue weighted by Crippen LogP contribution is -2.39. The van der Waals surface area contributed by atoms with Crippen LogP contribution in [0.4, 0.5) is 11.4 Å². The SMILES string of the molecule is CCOc1ccc(NC(=O)C[C@H]2C(=O)N(c3ccc(OC)c(Cl)c3)C(=S)N2C2CC2)cc1. The number of rotatable bonds is 8. The van der Waals surface area contributed by atoms with Crippen molar-refractivity contribution in [3.63, 3.8) is 0 Å². The summed E-state index contributed by atoms with van der Waals surface area (Å²) >= 11 is 11.9. The summed E-state index contributed by atoms with van der Waals surface area (Å²) in [5.41, 5.74) is 1.20. The molecule has 1 heterocycles. The molecule has 2 amide bonds. The molecule has 2 aliphatic rings. The second kappa shape index (κ2) is 9.34. The van der Waals surface area contributed by atoms with Gasteiger partial charge in [-0.3, -0.25) is 14.5 Å². The third-order valence-corrected chi connectivity index (χ3v) is 6.10. The molecular formula is C23H24ClN3O4S. The maximum absolute atomic E-state index is 13.4. The van der Waals surface area contributed by atoms with Gasteiger partial charge in [0, 0.05) is 11.7 Å². The summed E-state index contributed by atoms with van der Waals surface area (Å²) in [4.78, 5) is 29.5. The zero-order valence-electron chi connectivity index (χ0n) is 17.8. The minimum absolute atomic E-state index is 0.00305. The Labute approximate surface area is 197 Å². The molecule has 0 aromatic heterocycles. The second-order valence-corrected chi connectivity index (χ2v) is 8.41. The van der Waals surface area contributed by atoms with Crippen LogP contribution in [0.2, 0.25) is 5.02 Å². The first-order valence-corrected chi connectivity index (χ1v) is 11.2. The van der Waals surface area contributed by atoms with E-state index < -0.39 is 6.04 Å². The van der Waals surface area contributed by atoms with Crippen LogP contribution >= 0.6 is 23.8 Å². The highest BCUT2D eigenvalue weighted by Gasteiger charge is 2.49. The highest BCUT2D eigenvalue weighted by Crippen LogP contribution is 2.38. The Balaban J connectivity index is 1.51. The maximum atomic E-state index is 13.4. The molecule has 32 heavy (non-hydrogen) atoms. The lowest BCUT2D eigenvalue weighted by atomic mass is 10.1. The molecule has 2 aromatic rings. The van der Waals surface area contributed by atoms with Gasteiger partial charge < -0.3 is 19.7 Å². The molecule has 1 atom stereocenters. The third kappa shape index (κ3) is 4.52. The average molecular weight is 474 g/mol. The van der Waals surface area contributed by atoms with Crippen molar-refractivity contribution in [2.24, 2.45) is 0 Å². The van der Waals surface area contributed by atoms with Crippen LogP contribution in [0, 0.1) is 0 Å². The van der Waals surface area contributed by atoms with Gasteiger partial charge in [0.15, 0.2) is 5.11 Å². The van der Waals surface area contributed by atoms with Crippen LogP contribution < -0.4 is 19.7 Å². The van der Waals surface area contributed by atoms with Gasteiger partial charge in [-0.1, -0.05) is 11.6 Å². The minimum Gasteiger partial charge on any atom is -0.495 e. The minimum atomic E-state index is -0.654. The topological polar surface area (TPSA) is 71.1 Å². The first kappa shape index (κ1) is 22.4. The van der Waals surface area contributed by atoms with E-state index in [0.717, 1.165) is 18.6 Å². The molecule has 0 radical (unpaired) electrons. The van der Waals surface area contributed by atoms with E-state index in [1.165, 1.54) is 12.0 Å². The number of hydrogen-bond donors (Lipinski definition) is 1. The highest BCUT2D eigenvalue weighted by molar-refractivity contribution is 7.80. The normalized spacial score (nSPS) is 18.2. The molecule has 2 fully saturated rings. The fraction of sp³-hybridized carbons (Fsp3) is 0.348. The number of nitrogens with one attached hydrogen (secondary N) is 1. The van der Waals surface area contributed by atoms with Gasteiger partial charge in [-0.15, -0.1) is 0 Å². The molecule has 1 aliphatic heterocycles. The zero-order valence-corrected chi connectivity index (χ0v) is 19.4. The average Bonchev–Trinajstić information content (AvgIpc) is 3.56. The number of nitrogens with zero attached hydrogens (tertiary/aromatic N) is 2. The van der Waals surface area contributed by atoms with Crippen molar-refractivity contribution in [3.8, 4) is 11.5 Å². The molecule has 0 unspecified atom stereocenters. The first-order valence-electron chi connectivity index (χ1n) is 10.5. The van der Waals surface area contributed by atoms with E-state index >= 15 is 0 Å². The van der Waals surface area contributed by atoms with Crippen LogP contribution in [0.3, 0.4) is 0 Å². The fourth-order valence-corrected chi connectivity index (χ4v) is 4.50. The molecular weight excluding hydrogens is 450 g/mol. The molecule has 4 rings (SSSR count). The van der Waals surface area contributed by atoms with Gasteiger partial charge in [-0.05, 0) is 74.4 Å². The van der Waals surface area contributed by atoms with Crippen LogP contribution in [0.5, 0.6) is 11.5 Å². The number of carbonyl (C=O) groups is 2. The molecule has 168 valence electrons. The van der Waals surface area contributed by atoms with Crippen LogP contribution in [0.15, 0.2) is 42.5 Å². The molecule has 2 aromatic carbocycles. The van der Waals surface area contributed by atoms with E-state index in [1.807, 2.05) is 11.8 Å². The van der Waals surface area contributed by atoms with Crippen LogP contribution in [-0.4, -0.2) is 47.6 Å². The molecule has 7 nitrogen and oxygen atoms in total. The Morgan fingerprint density at radius 1 is 1.22 bits per heavy atom. The van der Waals surface area contributed by atoms with Crippen molar-refractivity contribution in [1.29, 1.82) is 0 Å². The molecule has 1 saturated carbocycles. The number of hydrogen-bond acceptors (Lipinski definition) is 5. The van der Waals surface area contributed by atoms with Gasteiger partial charge in [-0.25, -0.2) is 0 Å². The molecule has 1 N–H and O–H groups in total. The summed E-state index contributed by atoms with van der Waals surface area (Å²) in [5, 5.41) is 3.64. The maximum Gasteiger partial charge on any atom is 0.256 e. The lowest BCUT2D eigenvalue weighted by Gasteiger charge is -2.23. The van der Waals surface area contributed by atoms with Crippen LogP contribution in [-0.2, 0) is 9.59 Å². The van der Waals surface area contributed by atoms with E-state index in [1.54, 1.807) is 42.5 Å². The summed E-state index contributed by atoms with van der Waals surface area (Å²) in [6.45, 7) is 2.48. The molecule has 0 bridgehead atoms. The standard InChI is InChI=1S/C23H24ClN3O4S/c1-3-31-17-9-4-14(5-10-17)25-21(28)13-19-22(29)27(23(32)26(19)15-6-7-15)16-8-11-20(30-2)18(24)12-16/h4-5,8-12,15,19H,3,6-7,13H2,1-2H3,(H,25,28)/t19-/m0/s1. The Morgan fingerprint density at radius 2 is 1.94 bits per heavy atom. The predicted octanol–water partition coefficient (Wildman–Crippen LogP) is 4.24. The number of benzene rings is 2. The van der Waals surface area contributed by atoms with Crippen molar-refractivity contribution in [1.82, 2.24) is 4.90 Å². The van der Waals surface area contributed by atoms with Crippen molar-refractivity contribution >= 4 is 52.1 Å². The van der Waals surface area contributed by atoms with Gasteiger partial charge in [-0.2, -0.15) is 0 Å². The number of carbonyl (C=O) groups excluding carboxylic acids is 2. The number of thiocarbonyl (C=S) groups is 1. The summed E-state index contributed by atoms with van der Waals surface area (Å²) < 4.78 is 10.6. The highest BCUT2D eigenvalue weighted by atomic mass is 35.5. The quantitative estimate of drug-likeness (QED) is 0.578. The molecule has 1 saturated heterocycles. The van der Waals surface area contributed by atoms with E-state index in [-0.39, 0.29) is 24.3 Å². The second-order valence-electron chi connectivity index (χ2n) is 7.64. The van der Waals surface area contributed by atoms with Crippen molar-refractivity contribution in [3.05, 3.63) is 47.5 Å². The summed E-state index contributed by atoms with van der Waals surface area (Å²) in [6.07, 6.45) is 1.90. The van der Waals surface area contributed by atoms with Gasteiger partial charge in [0.2, 0.25) is 5.91 Å². The van der Waals surface area contributed by atoms with E-state index in [2.05, 4.69) is 5.32 Å². The number of methoxy groups -OCH3 is 1. The van der Waals surface area contributed by atoms with Crippen LogP contribution in [0.25, 0.3) is 0 Å². The molecule has 1 aliphatic carbocycles. The number of ether oxygens (including phenoxy) is 2. The Bertz CT molecular complexity index is 1040. The summed E-state index contributed by atoms with van der Waals surface area (Å²) in [7, 11) is 1.53. The largest absolute Gasteiger partial charge is 0.495 e. The summed E-state index contributed by atoms with van der Waals surface area (Å²) in [6, 6.07) is 11.7. The monoisotopic (exact) mass is 473 g/mol. The van der Waals surface area contributed by atoms with E-state index in [0.29, 0.717) is 33.9 Å². The van der Waals surface area contributed by atoms with Crippen molar-refractivity contribution < 1.29 is 19.1 Å². The van der Waals surface area contributed by atoms with Crippen molar-refractivity contribution in [2.45, 2.75) is 38.3 Å². The van der Waals surface area contributed by atoms with E-state index in [9.17, 15) is 9.59 Å². The Kier molecular flexibility index (Phi) is 6.53. The molecule has 0 spiro atoms. The zero-order chi connectivity index (χ0) is 22.8. The molecule has 9 heteroatoms. The van der Waals surface area contributed by atoms with E-state index in [4.69, 9.17) is 33.3 Å². The number of amides is 2. The summed E-state index contributed by atoms with van der Waals surface area (Å²) in [5.74, 6) is 0.759. The van der Waals surface area contributed by atoms with Crippen molar-refractivity contribution in [2.75, 3.05) is 23.9 Å². The Morgan fingerprint density at radius 3 is 2.53 bits per heavy atom. The number of anilines is 2. The lowest BCUT2D eigenvalue weighted by molar-refractivity contribution is -0.124. The fourth-order valence-electron chi connectivity index (χ4n) is 3.78. The van der Waals surface area contributed by atoms with Gasteiger partial charge in [0.25, 0.3) is 5.91 Å².